The minimum absolute atomic E-state index is 2.39. The minimum atomic E-state index is -6.83. The second-order valence-electron chi connectivity index (χ2n) is 3.05. The summed E-state index contributed by atoms with van der Waals surface area (Å²) in [5.41, 5.74) is 0. The van der Waals surface area contributed by atoms with Gasteiger partial charge in [-0.05, 0) is 0 Å². The van der Waals surface area contributed by atoms with Crippen molar-refractivity contribution in [2.75, 3.05) is 0 Å². The van der Waals surface area contributed by atoms with Crippen molar-refractivity contribution in [3.05, 3.63) is 3.91 Å². The Morgan fingerprint density at radius 3 is 1.45 bits per heavy atom. The number of hydrogen-bond donors (Lipinski definition) is 0. The fourth-order valence-electron chi connectivity index (χ4n) is 0.966. The fraction of sp³-hybridized carbons (Fsp3) is 0.750. The molecule has 1 unspecified atom stereocenters. The average molecular weight is 373 g/mol. The van der Waals surface area contributed by atoms with Crippen molar-refractivity contribution in [2.45, 2.75) is 16.9 Å². The molecule has 16 heteroatoms. The summed E-state index contributed by atoms with van der Waals surface area (Å²) in [4.78, 5) is 0. The Morgan fingerprint density at radius 1 is 0.900 bits per heavy atom. The molecule has 0 N–H and O–H groups in total. The van der Waals surface area contributed by atoms with Crippen LogP contribution in [0.2, 0.25) is 0 Å². The third-order valence-electron chi connectivity index (χ3n) is 1.76. The normalized spacial score (nSPS) is 29.1. The van der Waals surface area contributed by atoms with Gasteiger partial charge in [0.2, 0.25) is 0 Å². The lowest BCUT2D eigenvalue weighted by Gasteiger charge is -2.20. The molecule has 0 saturated carbocycles. The molecule has 20 heavy (non-hydrogen) atoms. The van der Waals surface area contributed by atoms with E-state index in [0.717, 1.165) is 0 Å². The zero-order valence-electron chi connectivity index (χ0n) is 8.32. The van der Waals surface area contributed by atoms with E-state index in [1.54, 1.807) is 0 Å². The molecule has 0 aromatic carbocycles. The molecule has 1 atom stereocenters. The number of sulfone groups is 2. The third-order valence-corrected chi connectivity index (χ3v) is 8.69. The van der Waals surface area contributed by atoms with Crippen LogP contribution in [0, 0.1) is 3.91 Å². The molecule has 0 aromatic heterocycles. The Kier molecular flexibility index (Phi) is 3.74. The van der Waals surface area contributed by atoms with Gasteiger partial charge < -0.3 is 0 Å². The van der Waals surface area contributed by atoms with E-state index in [2.05, 4.69) is 4.18 Å². The van der Waals surface area contributed by atoms with Crippen molar-refractivity contribution >= 4 is 30.8 Å². The van der Waals surface area contributed by atoms with E-state index in [1.165, 1.54) is 0 Å². The van der Waals surface area contributed by atoms with E-state index in [4.69, 9.17) is 0 Å². The lowest BCUT2D eigenvalue weighted by molar-refractivity contribution is -0.269. The molecule has 6 nitrogen and oxygen atoms in total. The molecule has 0 radical (unpaired) electrons. The monoisotopic (exact) mass is 373 g/mol. The van der Waals surface area contributed by atoms with Gasteiger partial charge in [-0.15, -0.1) is 13.2 Å². The first-order valence-corrected chi connectivity index (χ1v) is 7.84. The first kappa shape index (κ1) is 17.6. The molecule has 0 aliphatic carbocycles. The molecule has 0 aromatic rings. The van der Waals surface area contributed by atoms with Crippen LogP contribution in [0.1, 0.15) is 0 Å². The third kappa shape index (κ3) is 2.12. The van der Waals surface area contributed by atoms with Crippen LogP contribution in [0.3, 0.4) is 0 Å². The second kappa shape index (κ2) is 4.26. The SMILES string of the molecule is O=S(OC(F)(F)F)[C-]1S(=O)(=O)C(F)(F)C(F)(F)S1(=O)=O. The summed E-state index contributed by atoms with van der Waals surface area (Å²) >= 11 is -4.64. The van der Waals surface area contributed by atoms with Crippen LogP contribution in [0.4, 0.5) is 30.7 Å². The van der Waals surface area contributed by atoms with Gasteiger partial charge in [-0.3, -0.25) is 21.0 Å². The van der Waals surface area contributed by atoms with E-state index in [1.807, 2.05) is 0 Å². The topological polar surface area (TPSA) is 94.6 Å². The van der Waals surface area contributed by atoms with Gasteiger partial charge in [0.1, 0.15) is 19.7 Å². The van der Waals surface area contributed by atoms with E-state index in [0.29, 0.717) is 0 Å². The Balaban J connectivity index is 3.53. The predicted molar refractivity (Wildman–Crippen MR) is 46.3 cm³/mol. The highest BCUT2D eigenvalue weighted by atomic mass is 32.3. The highest BCUT2D eigenvalue weighted by molar-refractivity contribution is 8.29. The van der Waals surface area contributed by atoms with Gasteiger partial charge in [-0.25, -0.2) is 4.18 Å². The Hall–Kier alpha value is -0.480. The van der Waals surface area contributed by atoms with Crippen molar-refractivity contribution < 1.29 is 56.0 Å². The molecule has 1 aliphatic rings. The number of rotatable bonds is 2. The highest BCUT2D eigenvalue weighted by Gasteiger charge is 2.78. The van der Waals surface area contributed by atoms with Crippen LogP contribution in [-0.4, -0.2) is 37.9 Å². The highest BCUT2D eigenvalue weighted by Crippen LogP contribution is 2.57. The Bertz CT molecular complexity index is 601. The van der Waals surface area contributed by atoms with Crippen LogP contribution < -0.4 is 0 Å². The summed E-state index contributed by atoms with van der Waals surface area (Å²) in [5, 5.41) is -12.6. The van der Waals surface area contributed by atoms with Crippen molar-refractivity contribution in [2.24, 2.45) is 0 Å². The zero-order chi connectivity index (χ0) is 16.4. The van der Waals surface area contributed by atoms with Gasteiger partial charge in [0, 0.05) is 11.1 Å². The van der Waals surface area contributed by atoms with Crippen LogP contribution in [0.15, 0.2) is 0 Å². The summed E-state index contributed by atoms with van der Waals surface area (Å²) < 4.78 is 140. The van der Waals surface area contributed by atoms with Crippen LogP contribution in [0.5, 0.6) is 0 Å². The van der Waals surface area contributed by atoms with Gasteiger partial charge in [0.25, 0.3) is 0 Å². The molecule has 0 spiro atoms. The average Bonchev–Trinajstić information content (AvgIpc) is 2.17. The molecule has 1 saturated heterocycles. The van der Waals surface area contributed by atoms with E-state index in [9.17, 15) is 51.8 Å². The molecule has 1 heterocycles. The quantitative estimate of drug-likeness (QED) is 0.522. The van der Waals surface area contributed by atoms with Crippen molar-refractivity contribution in [3.8, 4) is 0 Å². The van der Waals surface area contributed by atoms with Gasteiger partial charge in [0.15, 0.2) is 0 Å². The molecule has 0 bridgehead atoms. The Morgan fingerprint density at radius 2 is 1.20 bits per heavy atom. The summed E-state index contributed by atoms with van der Waals surface area (Å²) in [6, 6.07) is 0. The van der Waals surface area contributed by atoms with E-state index in [-0.39, 0.29) is 0 Å². The summed E-state index contributed by atoms with van der Waals surface area (Å²) in [5.74, 6) is 0. The lowest BCUT2D eigenvalue weighted by Crippen LogP contribution is -2.42. The molecular formula is C4F7O6S3-. The first-order chi connectivity index (χ1) is 8.50. The molecule has 1 aliphatic heterocycles. The maximum absolute atomic E-state index is 12.8. The summed E-state index contributed by atoms with van der Waals surface area (Å²) in [6.45, 7) is 0. The van der Waals surface area contributed by atoms with Crippen molar-refractivity contribution in [1.29, 1.82) is 0 Å². The smallest absolute Gasteiger partial charge is 0.264 e. The van der Waals surface area contributed by atoms with Crippen molar-refractivity contribution in [1.82, 2.24) is 0 Å². The predicted octanol–water partition coefficient (Wildman–Crippen LogP) is 0.662. The van der Waals surface area contributed by atoms with Crippen molar-refractivity contribution in [3.63, 3.8) is 0 Å². The molecular weight excluding hydrogens is 373 g/mol. The van der Waals surface area contributed by atoms with Gasteiger partial charge in [-0.1, -0.05) is 0 Å². The minimum Gasteiger partial charge on any atom is -0.264 e. The molecule has 1 rings (SSSR count). The molecule has 120 valence electrons. The van der Waals surface area contributed by atoms with Gasteiger partial charge in [-0.2, -0.15) is 17.6 Å². The van der Waals surface area contributed by atoms with Crippen LogP contribution in [-0.2, 0) is 34.9 Å². The second-order valence-corrected chi connectivity index (χ2v) is 8.73. The summed E-state index contributed by atoms with van der Waals surface area (Å²) in [6.07, 6.45) is -5.92. The van der Waals surface area contributed by atoms with Gasteiger partial charge in [0.05, 0.1) is 3.91 Å². The molecule has 1 fully saturated rings. The molecule has 0 amide bonds. The largest absolute Gasteiger partial charge is 0.533 e. The lowest BCUT2D eigenvalue weighted by atomic mass is 10.7. The summed E-state index contributed by atoms with van der Waals surface area (Å²) in [7, 11) is -13.7. The van der Waals surface area contributed by atoms with E-state index < -0.39 is 51.5 Å². The van der Waals surface area contributed by atoms with Crippen LogP contribution >= 0.6 is 0 Å². The van der Waals surface area contributed by atoms with Gasteiger partial charge >= 0.3 is 16.9 Å². The number of alkyl halides is 7. The number of hydrogen-bond acceptors (Lipinski definition) is 6. The Labute approximate surface area is 108 Å². The van der Waals surface area contributed by atoms with Crippen LogP contribution in [0.25, 0.3) is 0 Å². The maximum atomic E-state index is 12.8. The maximum Gasteiger partial charge on any atom is 0.533 e. The van der Waals surface area contributed by atoms with E-state index >= 15 is 0 Å². The first-order valence-electron chi connectivity index (χ1n) is 3.80. The zero-order valence-corrected chi connectivity index (χ0v) is 10.8. The number of halogens is 7. The fourth-order valence-corrected chi connectivity index (χ4v) is 6.96. The standard InChI is InChI=1S/C4F7O6S3/c5-2(6)3(7,8)20(15,16)1(19(2,13)14)18(12)17-4(9,10)11/q-1.